The van der Waals surface area contributed by atoms with Crippen LogP contribution in [0.4, 0.5) is 5.69 Å². The van der Waals surface area contributed by atoms with Crippen LogP contribution in [0.25, 0.3) is 11.0 Å². The Kier molecular flexibility index (Phi) is 5.16. The van der Waals surface area contributed by atoms with Crippen molar-refractivity contribution in [1.29, 1.82) is 0 Å². The minimum absolute atomic E-state index is 0.00804. The van der Waals surface area contributed by atoms with Gasteiger partial charge < -0.3 is 19.5 Å². The van der Waals surface area contributed by atoms with E-state index < -0.39 is 0 Å². The summed E-state index contributed by atoms with van der Waals surface area (Å²) in [5.41, 5.74) is 1.17. The van der Waals surface area contributed by atoms with Crippen LogP contribution in [0.15, 0.2) is 28.7 Å². The SMILES string of the molecule is CN1CCN(C(=O)c2oc3ccccc3c2NC(=O)C2CCCCC2)CC1. The average molecular weight is 369 g/mol. The molecule has 1 aromatic carbocycles. The van der Waals surface area contributed by atoms with Crippen LogP contribution in [0.5, 0.6) is 0 Å². The third-order valence-electron chi connectivity index (χ3n) is 5.80. The van der Waals surface area contributed by atoms with E-state index in [2.05, 4.69) is 17.3 Å². The van der Waals surface area contributed by atoms with Crippen molar-refractivity contribution < 1.29 is 14.0 Å². The van der Waals surface area contributed by atoms with Gasteiger partial charge in [0.05, 0.1) is 0 Å². The summed E-state index contributed by atoms with van der Waals surface area (Å²) in [5, 5.41) is 3.83. The predicted molar refractivity (Wildman–Crippen MR) is 105 cm³/mol. The maximum atomic E-state index is 13.1. The Hall–Kier alpha value is -2.34. The number of amides is 2. The molecular weight excluding hydrogens is 342 g/mol. The van der Waals surface area contributed by atoms with E-state index in [0.29, 0.717) is 24.4 Å². The van der Waals surface area contributed by atoms with Gasteiger partial charge in [0.2, 0.25) is 11.7 Å². The number of hydrogen-bond donors (Lipinski definition) is 1. The van der Waals surface area contributed by atoms with E-state index in [0.717, 1.165) is 44.2 Å². The van der Waals surface area contributed by atoms with Gasteiger partial charge in [0.1, 0.15) is 11.3 Å². The van der Waals surface area contributed by atoms with Gasteiger partial charge in [0, 0.05) is 37.5 Å². The van der Waals surface area contributed by atoms with E-state index in [9.17, 15) is 9.59 Å². The van der Waals surface area contributed by atoms with Crippen LogP contribution < -0.4 is 5.32 Å². The van der Waals surface area contributed by atoms with Crippen LogP contribution >= 0.6 is 0 Å². The highest BCUT2D eigenvalue weighted by Gasteiger charge is 2.30. The van der Waals surface area contributed by atoms with Crippen molar-refractivity contribution >= 4 is 28.5 Å². The molecule has 6 nitrogen and oxygen atoms in total. The maximum Gasteiger partial charge on any atom is 0.291 e. The first-order valence-electron chi connectivity index (χ1n) is 9.93. The van der Waals surface area contributed by atoms with Crippen LogP contribution in [0, 0.1) is 5.92 Å². The third kappa shape index (κ3) is 3.72. The lowest BCUT2D eigenvalue weighted by atomic mass is 9.88. The molecule has 6 heteroatoms. The number of nitrogens with zero attached hydrogens (tertiary/aromatic N) is 2. The summed E-state index contributed by atoms with van der Waals surface area (Å²) in [6.07, 6.45) is 5.23. The number of likely N-dealkylation sites (N-methyl/N-ethyl adjacent to an activating group) is 1. The second-order valence-corrected chi connectivity index (χ2v) is 7.72. The summed E-state index contributed by atoms with van der Waals surface area (Å²) < 4.78 is 5.91. The fourth-order valence-electron chi connectivity index (χ4n) is 4.06. The van der Waals surface area contributed by atoms with Gasteiger partial charge in [0.25, 0.3) is 5.91 Å². The molecule has 0 spiro atoms. The summed E-state index contributed by atoms with van der Waals surface area (Å²) in [5.74, 6) is 0.149. The largest absolute Gasteiger partial charge is 0.449 e. The fraction of sp³-hybridized carbons (Fsp3) is 0.524. The van der Waals surface area contributed by atoms with Gasteiger partial charge in [-0.25, -0.2) is 0 Å². The fourth-order valence-corrected chi connectivity index (χ4v) is 4.06. The highest BCUT2D eigenvalue weighted by Crippen LogP contribution is 2.33. The number of anilines is 1. The molecule has 1 aromatic heterocycles. The molecule has 2 heterocycles. The number of carbonyl (C=O) groups is 2. The quantitative estimate of drug-likeness (QED) is 0.901. The number of rotatable bonds is 3. The minimum Gasteiger partial charge on any atom is -0.449 e. The maximum absolute atomic E-state index is 13.1. The monoisotopic (exact) mass is 369 g/mol. The number of furan rings is 1. The van der Waals surface area contributed by atoms with Crippen LogP contribution in [-0.4, -0.2) is 54.8 Å². The standard InChI is InChI=1S/C21H27N3O3/c1-23-11-13-24(14-12-23)21(26)19-18(16-9-5-6-10-17(16)27-19)22-20(25)15-7-3-2-4-8-15/h5-6,9-10,15H,2-4,7-8,11-14H2,1H3,(H,22,25). The van der Waals surface area contributed by atoms with E-state index in [-0.39, 0.29) is 23.5 Å². The number of benzene rings is 1. The number of carbonyl (C=O) groups excluding carboxylic acids is 2. The van der Waals surface area contributed by atoms with Gasteiger partial charge in [-0.3, -0.25) is 9.59 Å². The molecule has 2 aromatic rings. The van der Waals surface area contributed by atoms with Gasteiger partial charge >= 0.3 is 0 Å². The zero-order chi connectivity index (χ0) is 18.8. The number of para-hydroxylation sites is 1. The molecule has 0 bridgehead atoms. The lowest BCUT2D eigenvalue weighted by Gasteiger charge is -2.32. The minimum atomic E-state index is -0.141. The molecular formula is C21H27N3O3. The number of nitrogens with one attached hydrogen (secondary N) is 1. The summed E-state index contributed by atoms with van der Waals surface area (Å²) in [6.45, 7) is 3.02. The Morgan fingerprint density at radius 2 is 1.74 bits per heavy atom. The first kappa shape index (κ1) is 18.0. The molecule has 1 aliphatic heterocycles. The Labute approximate surface area is 159 Å². The molecule has 144 valence electrons. The van der Waals surface area contributed by atoms with Crippen molar-refractivity contribution in [1.82, 2.24) is 9.80 Å². The average Bonchev–Trinajstić information content (AvgIpc) is 3.07. The van der Waals surface area contributed by atoms with Crippen LogP contribution in [-0.2, 0) is 4.79 Å². The van der Waals surface area contributed by atoms with Gasteiger partial charge in [-0.2, -0.15) is 0 Å². The molecule has 0 unspecified atom stereocenters. The van der Waals surface area contributed by atoms with Crippen molar-refractivity contribution in [2.45, 2.75) is 32.1 Å². The van der Waals surface area contributed by atoms with E-state index in [1.165, 1.54) is 6.42 Å². The number of piperazine rings is 1. The molecule has 2 fully saturated rings. The Bertz CT molecular complexity index is 830. The molecule has 0 atom stereocenters. The summed E-state index contributed by atoms with van der Waals surface area (Å²) in [6, 6.07) is 7.52. The van der Waals surface area contributed by atoms with E-state index in [1.807, 2.05) is 29.2 Å². The van der Waals surface area contributed by atoms with Gasteiger partial charge in [0.15, 0.2) is 0 Å². The molecule has 1 N–H and O–H groups in total. The topological polar surface area (TPSA) is 65.8 Å². The predicted octanol–water partition coefficient (Wildman–Crippen LogP) is 3.34. The van der Waals surface area contributed by atoms with Gasteiger partial charge in [-0.1, -0.05) is 31.4 Å². The Morgan fingerprint density at radius 3 is 2.48 bits per heavy atom. The van der Waals surface area contributed by atoms with E-state index in [4.69, 9.17) is 4.42 Å². The summed E-state index contributed by atoms with van der Waals surface area (Å²) >= 11 is 0. The second-order valence-electron chi connectivity index (χ2n) is 7.72. The second kappa shape index (κ2) is 7.72. The van der Waals surface area contributed by atoms with Crippen molar-refractivity contribution in [2.24, 2.45) is 5.92 Å². The lowest BCUT2D eigenvalue weighted by molar-refractivity contribution is -0.120. The highest BCUT2D eigenvalue weighted by atomic mass is 16.3. The first-order valence-corrected chi connectivity index (χ1v) is 9.93. The highest BCUT2D eigenvalue weighted by molar-refractivity contribution is 6.11. The molecule has 2 aliphatic rings. The lowest BCUT2D eigenvalue weighted by Crippen LogP contribution is -2.47. The molecule has 1 saturated heterocycles. The van der Waals surface area contributed by atoms with Crippen LogP contribution in [0.3, 0.4) is 0 Å². The third-order valence-corrected chi connectivity index (χ3v) is 5.80. The van der Waals surface area contributed by atoms with Crippen molar-refractivity contribution in [2.75, 3.05) is 38.5 Å². The first-order chi connectivity index (χ1) is 13.1. The van der Waals surface area contributed by atoms with E-state index in [1.54, 1.807) is 0 Å². The molecule has 0 radical (unpaired) electrons. The molecule has 2 amide bonds. The Morgan fingerprint density at radius 1 is 1.04 bits per heavy atom. The zero-order valence-electron chi connectivity index (χ0n) is 15.9. The van der Waals surface area contributed by atoms with Crippen molar-refractivity contribution in [3.63, 3.8) is 0 Å². The smallest absolute Gasteiger partial charge is 0.291 e. The van der Waals surface area contributed by atoms with Crippen molar-refractivity contribution in [3.8, 4) is 0 Å². The summed E-state index contributed by atoms with van der Waals surface area (Å²) in [4.78, 5) is 30.0. The molecule has 1 aliphatic carbocycles. The normalized spacial score (nSPS) is 19.4. The van der Waals surface area contributed by atoms with Crippen molar-refractivity contribution in [3.05, 3.63) is 30.0 Å². The molecule has 4 rings (SSSR count). The number of hydrogen-bond acceptors (Lipinski definition) is 4. The van der Waals surface area contributed by atoms with Crippen LogP contribution in [0.1, 0.15) is 42.7 Å². The zero-order valence-corrected chi connectivity index (χ0v) is 15.9. The molecule has 1 saturated carbocycles. The van der Waals surface area contributed by atoms with E-state index >= 15 is 0 Å². The van der Waals surface area contributed by atoms with Gasteiger partial charge in [-0.05, 0) is 32.0 Å². The number of fused-ring (bicyclic) bond motifs is 1. The molecule has 27 heavy (non-hydrogen) atoms. The van der Waals surface area contributed by atoms with Crippen LogP contribution in [0.2, 0.25) is 0 Å². The summed E-state index contributed by atoms with van der Waals surface area (Å²) in [7, 11) is 2.05. The Balaban J connectivity index is 1.63. The van der Waals surface area contributed by atoms with Gasteiger partial charge in [-0.15, -0.1) is 0 Å².